The Morgan fingerprint density at radius 2 is 1.90 bits per heavy atom. The Labute approximate surface area is 119 Å². The van der Waals surface area contributed by atoms with E-state index in [1.165, 1.54) is 0 Å². The maximum Gasteiger partial charge on any atom is 0.485 e. The van der Waals surface area contributed by atoms with Crippen molar-refractivity contribution in [2.75, 3.05) is 14.2 Å². The van der Waals surface area contributed by atoms with Crippen LogP contribution in [0, 0.1) is 0 Å². The molecule has 2 rings (SSSR count). The summed E-state index contributed by atoms with van der Waals surface area (Å²) in [7, 11) is -2.39. The molecule has 2 aliphatic rings. The zero-order valence-corrected chi connectivity index (χ0v) is 11.9. The highest BCUT2D eigenvalue weighted by Gasteiger charge is 2.37. The van der Waals surface area contributed by atoms with Crippen LogP contribution in [0.15, 0.2) is 36.1 Å². The number of alkyl halides is 3. The smallest absolute Gasteiger partial charge is 0.485 e. The van der Waals surface area contributed by atoms with Crippen LogP contribution >= 0.6 is 0 Å². The van der Waals surface area contributed by atoms with Gasteiger partial charge in [-0.25, -0.2) is 8.42 Å². The third-order valence-electron chi connectivity index (χ3n) is 2.53. The molecule has 0 saturated heterocycles. The monoisotopic (exact) mass is 326 g/mol. The summed E-state index contributed by atoms with van der Waals surface area (Å²) in [5.41, 5.74) is -3.37. The predicted octanol–water partition coefficient (Wildman–Crippen LogP) is 0.664. The molecule has 6 nitrogen and oxygen atoms in total. The van der Waals surface area contributed by atoms with Crippen LogP contribution in [0.3, 0.4) is 0 Å². The summed E-state index contributed by atoms with van der Waals surface area (Å²) in [4.78, 5) is 0. The molecule has 0 bridgehead atoms. The van der Waals surface area contributed by atoms with Crippen molar-refractivity contribution in [1.82, 2.24) is 5.32 Å². The van der Waals surface area contributed by atoms with E-state index in [4.69, 9.17) is 17.7 Å². The third kappa shape index (κ3) is 4.41. The standard InChI is InChI=1S/C10H12N2O.CHF3O3S/c1-12-9-7-5-3-4-6-8(9)11-10(12)13-2;2-1(3,4)8(5,6)7/h3-7,10H,1-2H3;(H,5,6,7). The van der Waals surface area contributed by atoms with Gasteiger partial charge in [0.05, 0.1) is 0 Å². The van der Waals surface area contributed by atoms with Gasteiger partial charge >= 0.3 is 11.9 Å². The molecule has 21 heavy (non-hydrogen) atoms. The number of hydrogen-bond acceptors (Lipinski definition) is 5. The lowest BCUT2D eigenvalue weighted by molar-refractivity contribution is -0.583. The Hall–Kier alpha value is -1.65. The van der Waals surface area contributed by atoms with Crippen LogP contribution in [0.4, 0.5) is 13.2 Å². The molecule has 1 atom stereocenters. The van der Waals surface area contributed by atoms with Gasteiger partial charge in [0.2, 0.25) is 5.71 Å². The molecule has 1 N–H and O–H groups in total. The Balaban J connectivity index is 0.000000240. The fourth-order valence-corrected chi connectivity index (χ4v) is 1.54. The van der Waals surface area contributed by atoms with Crippen LogP contribution in [-0.2, 0) is 14.9 Å². The number of rotatable bonds is 1. The zero-order chi connectivity index (χ0) is 16.3. The van der Waals surface area contributed by atoms with Gasteiger partial charge in [-0.15, -0.1) is 0 Å². The van der Waals surface area contributed by atoms with E-state index in [0.29, 0.717) is 0 Å². The van der Waals surface area contributed by atoms with Crippen molar-refractivity contribution in [3.63, 3.8) is 0 Å². The van der Waals surface area contributed by atoms with Crippen LogP contribution in [0.5, 0.6) is 0 Å². The molecular formula is C11H13F3N2O4S. The van der Waals surface area contributed by atoms with Crippen molar-refractivity contribution >= 4 is 15.8 Å². The molecule has 0 saturated carbocycles. The van der Waals surface area contributed by atoms with E-state index in [1.54, 1.807) is 7.11 Å². The van der Waals surface area contributed by atoms with Gasteiger partial charge < -0.3 is 9.29 Å². The number of ether oxygens (including phenoxy) is 1. The average Bonchev–Trinajstić information content (AvgIpc) is 2.53. The SMILES string of the molecule is COC1NC2=CC=CC=CC2=[N+]1C.O=S(=O)([O-])C(F)(F)F. The molecule has 10 heteroatoms. The van der Waals surface area contributed by atoms with Gasteiger partial charge in [0.15, 0.2) is 10.1 Å². The molecule has 1 unspecified atom stereocenters. The molecule has 0 fully saturated rings. The van der Waals surface area contributed by atoms with Crippen molar-refractivity contribution in [2.45, 2.75) is 11.9 Å². The van der Waals surface area contributed by atoms with Crippen LogP contribution in [0.25, 0.3) is 0 Å². The second-order valence-corrected chi connectivity index (χ2v) is 5.32. The fraction of sp³-hybridized carbons (Fsp3) is 0.364. The van der Waals surface area contributed by atoms with Crippen molar-refractivity contribution in [1.29, 1.82) is 0 Å². The second kappa shape index (κ2) is 6.41. The summed E-state index contributed by atoms with van der Waals surface area (Å²) in [6, 6.07) is 0. The van der Waals surface area contributed by atoms with Gasteiger partial charge in [0, 0.05) is 13.2 Å². The number of hydrogen-bond donors (Lipinski definition) is 1. The summed E-state index contributed by atoms with van der Waals surface area (Å²) in [6.45, 7) is 0. The first-order chi connectivity index (χ1) is 9.58. The molecule has 1 aliphatic heterocycles. The number of nitrogens with one attached hydrogen (secondary N) is 1. The lowest BCUT2D eigenvalue weighted by atomic mass is 10.2. The third-order valence-corrected chi connectivity index (χ3v) is 3.10. The van der Waals surface area contributed by atoms with Gasteiger partial charge in [-0.1, -0.05) is 18.2 Å². The van der Waals surface area contributed by atoms with E-state index in [-0.39, 0.29) is 6.35 Å². The summed E-state index contributed by atoms with van der Waals surface area (Å²) in [5, 5.41) is 3.26. The van der Waals surface area contributed by atoms with E-state index in [0.717, 1.165) is 11.4 Å². The summed E-state index contributed by atoms with van der Waals surface area (Å²) >= 11 is 0. The maximum absolute atomic E-state index is 10.7. The number of methoxy groups -OCH3 is 1. The van der Waals surface area contributed by atoms with E-state index in [2.05, 4.69) is 16.0 Å². The molecule has 1 heterocycles. The number of nitrogens with zero attached hydrogens (tertiary/aromatic N) is 1. The van der Waals surface area contributed by atoms with Crippen LogP contribution in [0.1, 0.15) is 0 Å². The summed E-state index contributed by atoms with van der Waals surface area (Å²) in [6.07, 6.45) is 10.1. The Morgan fingerprint density at radius 3 is 2.38 bits per heavy atom. The van der Waals surface area contributed by atoms with E-state index < -0.39 is 15.6 Å². The van der Waals surface area contributed by atoms with Gasteiger partial charge in [-0.05, 0) is 6.08 Å². The van der Waals surface area contributed by atoms with Gasteiger partial charge in [-0.3, -0.25) is 5.32 Å². The molecule has 118 valence electrons. The Kier molecular flexibility index (Phi) is 5.31. The number of halogens is 3. The van der Waals surface area contributed by atoms with Gasteiger partial charge in [-0.2, -0.15) is 17.7 Å². The average molecular weight is 326 g/mol. The minimum Gasteiger partial charge on any atom is -0.741 e. The molecule has 0 radical (unpaired) electrons. The molecule has 0 amide bonds. The van der Waals surface area contributed by atoms with Crippen LogP contribution in [-0.4, -0.2) is 49.3 Å². The van der Waals surface area contributed by atoms with E-state index in [9.17, 15) is 13.2 Å². The topological polar surface area (TPSA) is 81.5 Å². The first kappa shape index (κ1) is 17.4. The Bertz CT molecular complexity index is 618. The van der Waals surface area contributed by atoms with Crippen molar-refractivity contribution in [3.05, 3.63) is 36.1 Å². The largest absolute Gasteiger partial charge is 0.741 e. The van der Waals surface area contributed by atoms with Gasteiger partial charge in [0.25, 0.3) is 0 Å². The normalized spacial score (nSPS) is 21.0. The first-order valence-electron chi connectivity index (χ1n) is 5.54. The molecule has 0 aromatic rings. The minimum absolute atomic E-state index is 0.0441. The summed E-state index contributed by atoms with van der Waals surface area (Å²) < 4.78 is 66.2. The molecular weight excluding hydrogens is 313 g/mol. The van der Waals surface area contributed by atoms with Crippen LogP contribution in [0.2, 0.25) is 0 Å². The fourth-order valence-electron chi connectivity index (χ4n) is 1.54. The highest BCUT2D eigenvalue weighted by molar-refractivity contribution is 7.86. The van der Waals surface area contributed by atoms with E-state index >= 15 is 0 Å². The zero-order valence-electron chi connectivity index (χ0n) is 11.1. The minimum atomic E-state index is -6.09. The van der Waals surface area contributed by atoms with Crippen molar-refractivity contribution in [3.8, 4) is 0 Å². The molecule has 0 aromatic carbocycles. The predicted molar refractivity (Wildman–Crippen MR) is 67.2 cm³/mol. The quantitative estimate of drug-likeness (QED) is 0.435. The molecule has 0 aromatic heterocycles. The second-order valence-electron chi connectivity index (χ2n) is 3.95. The van der Waals surface area contributed by atoms with Crippen molar-refractivity contribution < 1.29 is 35.5 Å². The van der Waals surface area contributed by atoms with Crippen molar-refractivity contribution in [2.24, 2.45) is 0 Å². The highest BCUT2D eigenvalue weighted by atomic mass is 32.2. The molecule has 1 aliphatic carbocycles. The summed E-state index contributed by atoms with van der Waals surface area (Å²) in [5.74, 6) is 0. The molecule has 0 spiro atoms. The number of allylic oxidation sites excluding steroid dienone is 5. The highest BCUT2D eigenvalue weighted by Crippen LogP contribution is 2.20. The maximum atomic E-state index is 10.7. The lowest BCUT2D eigenvalue weighted by Crippen LogP contribution is -2.31. The Morgan fingerprint density at radius 1 is 1.33 bits per heavy atom. The van der Waals surface area contributed by atoms with E-state index in [1.807, 2.05) is 31.4 Å². The van der Waals surface area contributed by atoms with Crippen LogP contribution < -0.4 is 5.32 Å². The lowest BCUT2D eigenvalue weighted by Gasteiger charge is -2.08. The number of fused-ring (bicyclic) bond motifs is 1. The first-order valence-corrected chi connectivity index (χ1v) is 6.95. The van der Waals surface area contributed by atoms with Gasteiger partial charge in [0.1, 0.15) is 12.7 Å².